The predicted molar refractivity (Wildman–Crippen MR) is 97.7 cm³/mol. The fourth-order valence-electron chi connectivity index (χ4n) is 5.16. The topological polar surface area (TPSA) is 149 Å². The van der Waals surface area contributed by atoms with Crippen molar-refractivity contribution in [3.63, 3.8) is 0 Å². The van der Waals surface area contributed by atoms with E-state index in [4.69, 9.17) is 0 Å². The van der Waals surface area contributed by atoms with E-state index in [9.17, 15) is 39.6 Å². The number of carboxylic acids is 4. The highest BCUT2D eigenvalue weighted by molar-refractivity contribution is 5.83. The van der Waals surface area contributed by atoms with Crippen LogP contribution >= 0.6 is 0 Å². The number of carboxylic acid groups (broad SMARTS) is 4. The molecule has 0 aromatic heterocycles. The number of hydrogen-bond donors (Lipinski definition) is 4. The van der Waals surface area contributed by atoms with E-state index in [0.29, 0.717) is 12.8 Å². The first-order chi connectivity index (χ1) is 13.2. The maximum Gasteiger partial charge on any atom is 0.309 e. The Kier molecular flexibility index (Phi) is 7.43. The summed E-state index contributed by atoms with van der Waals surface area (Å²) in [5.41, 5.74) is -1.40. The molecule has 0 aromatic rings. The Bertz CT molecular complexity index is 607. The van der Waals surface area contributed by atoms with Crippen LogP contribution in [0.25, 0.3) is 0 Å². The van der Waals surface area contributed by atoms with Crippen LogP contribution in [0.2, 0.25) is 0 Å². The summed E-state index contributed by atoms with van der Waals surface area (Å²) in [5.74, 6) is -9.22. The fourth-order valence-corrected chi connectivity index (χ4v) is 5.16. The van der Waals surface area contributed by atoms with Crippen molar-refractivity contribution in [2.24, 2.45) is 29.1 Å². The van der Waals surface area contributed by atoms with E-state index in [2.05, 4.69) is 0 Å². The van der Waals surface area contributed by atoms with Gasteiger partial charge in [0.2, 0.25) is 0 Å². The van der Waals surface area contributed by atoms with Gasteiger partial charge in [0.05, 0.1) is 23.2 Å². The standard InChI is InChI=1S/C20H30O8/c21-16(22)12-8-9-20(19(27)28,13-6-4-2-1-3-5-7-13)11-15(18(25)26)14(10-12)17(23)24/h12-15H,1-11H2,(H,21,22)(H,23,24)(H,25,26)(H,27,28). The van der Waals surface area contributed by atoms with Crippen molar-refractivity contribution in [2.75, 3.05) is 0 Å². The van der Waals surface area contributed by atoms with Gasteiger partial charge in [-0.2, -0.15) is 0 Å². The zero-order chi connectivity index (χ0) is 20.9. The van der Waals surface area contributed by atoms with E-state index in [1.807, 2.05) is 0 Å². The molecule has 4 unspecified atom stereocenters. The van der Waals surface area contributed by atoms with Gasteiger partial charge in [0.15, 0.2) is 0 Å². The Morgan fingerprint density at radius 2 is 1.21 bits per heavy atom. The molecule has 0 amide bonds. The van der Waals surface area contributed by atoms with Gasteiger partial charge in [-0.1, -0.05) is 32.1 Å². The summed E-state index contributed by atoms with van der Waals surface area (Å²) >= 11 is 0. The molecule has 8 nitrogen and oxygen atoms in total. The normalized spacial score (nSPS) is 32.9. The quantitative estimate of drug-likeness (QED) is 0.552. The van der Waals surface area contributed by atoms with E-state index in [0.717, 1.165) is 32.1 Å². The van der Waals surface area contributed by atoms with Crippen LogP contribution in [-0.2, 0) is 19.2 Å². The lowest BCUT2D eigenvalue weighted by atomic mass is 9.59. The molecule has 0 aliphatic heterocycles. The molecule has 8 heteroatoms. The fraction of sp³-hybridized carbons (Fsp3) is 0.800. The van der Waals surface area contributed by atoms with E-state index >= 15 is 0 Å². The van der Waals surface area contributed by atoms with E-state index in [1.165, 1.54) is 0 Å². The molecule has 158 valence electrons. The van der Waals surface area contributed by atoms with Gasteiger partial charge in [0.1, 0.15) is 0 Å². The average Bonchev–Trinajstić information content (AvgIpc) is 2.54. The minimum absolute atomic E-state index is 0.0499. The first-order valence-corrected chi connectivity index (χ1v) is 10.1. The molecule has 0 spiro atoms. The molecule has 2 aliphatic rings. The van der Waals surface area contributed by atoms with Gasteiger partial charge in [-0.25, -0.2) is 0 Å². The predicted octanol–water partition coefficient (Wildman–Crippen LogP) is 3.09. The zero-order valence-electron chi connectivity index (χ0n) is 16.0. The summed E-state index contributed by atoms with van der Waals surface area (Å²) in [6.07, 6.45) is 5.63. The molecule has 2 saturated carbocycles. The zero-order valence-corrected chi connectivity index (χ0v) is 16.0. The lowest BCUT2D eigenvalue weighted by molar-refractivity contribution is -0.168. The van der Waals surface area contributed by atoms with Crippen LogP contribution in [0.4, 0.5) is 0 Å². The van der Waals surface area contributed by atoms with Gasteiger partial charge in [-0.3, -0.25) is 19.2 Å². The molecule has 2 rings (SSSR count). The summed E-state index contributed by atoms with van der Waals surface area (Å²) < 4.78 is 0. The highest BCUT2D eigenvalue weighted by Crippen LogP contribution is 2.49. The largest absolute Gasteiger partial charge is 0.481 e. The van der Waals surface area contributed by atoms with Crippen molar-refractivity contribution in [2.45, 2.75) is 70.6 Å². The third-order valence-corrected chi connectivity index (χ3v) is 6.84. The van der Waals surface area contributed by atoms with Crippen molar-refractivity contribution in [1.82, 2.24) is 0 Å². The second-order valence-electron chi connectivity index (χ2n) is 8.41. The van der Waals surface area contributed by atoms with Gasteiger partial charge >= 0.3 is 23.9 Å². The van der Waals surface area contributed by atoms with Gasteiger partial charge < -0.3 is 20.4 Å². The van der Waals surface area contributed by atoms with Crippen molar-refractivity contribution in [3.8, 4) is 0 Å². The van der Waals surface area contributed by atoms with E-state index in [1.54, 1.807) is 0 Å². The van der Waals surface area contributed by atoms with Gasteiger partial charge in [0.25, 0.3) is 0 Å². The lowest BCUT2D eigenvalue weighted by Crippen LogP contribution is -2.47. The van der Waals surface area contributed by atoms with Crippen molar-refractivity contribution in [1.29, 1.82) is 0 Å². The second-order valence-corrected chi connectivity index (χ2v) is 8.41. The smallest absolute Gasteiger partial charge is 0.309 e. The maximum absolute atomic E-state index is 12.5. The molecule has 28 heavy (non-hydrogen) atoms. The van der Waals surface area contributed by atoms with Gasteiger partial charge in [-0.05, 0) is 44.4 Å². The highest BCUT2D eigenvalue weighted by atomic mass is 16.4. The molecule has 0 saturated heterocycles. The number of aliphatic carboxylic acids is 4. The van der Waals surface area contributed by atoms with Crippen LogP contribution in [0, 0.1) is 29.1 Å². The molecular formula is C20H30O8. The molecule has 0 aromatic carbocycles. The molecule has 0 bridgehead atoms. The lowest BCUT2D eigenvalue weighted by Gasteiger charge is -2.43. The summed E-state index contributed by atoms with van der Waals surface area (Å²) in [7, 11) is 0. The van der Waals surface area contributed by atoms with Crippen molar-refractivity contribution >= 4 is 23.9 Å². The minimum Gasteiger partial charge on any atom is -0.481 e. The van der Waals surface area contributed by atoms with E-state index < -0.39 is 47.0 Å². The molecule has 2 fully saturated rings. The summed E-state index contributed by atoms with van der Waals surface area (Å²) in [6, 6.07) is 0. The summed E-state index contributed by atoms with van der Waals surface area (Å²) in [4.78, 5) is 47.8. The van der Waals surface area contributed by atoms with Crippen LogP contribution in [-0.4, -0.2) is 44.3 Å². The number of hydrogen-bond acceptors (Lipinski definition) is 4. The molecule has 4 atom stereocenters. The van der Waals surface area contributed by atoms with Crippen LogP contribution in [0.3, 0.4) is 0 Å². The average molecular weight is 398 g/mol. The Morgan fingerprint density at radius 1 is 0.679 bits per heavy atom. The van der Waals surface area contributed by atoms with Crippen LogP contribution < -0.4 is 0 Å². The molecule has 2 aliphatic carbocycles. The summed E-state index contributed by atoms with van der Waals surface area (Å²) in [5, 5.41) is 39.0. The monoisotopic (exact) mass is 398 g/mol. The Labute approximate surface area is 163 Å². The first-order valence-electron chi connectivity index (χ1n) is 10.1. The molecule has 0 heterocycles. The third kappa shape index (κ3) is 4.83. The van der Waals surface area contributed by atoms with Crippen LogP contribution in [0.15, 0.2) is 0 Å². The van der Waals surface area contributed by atoms with Gasteiger partial charge in [0, 0.05) is 0 Å². The highest BCUT2D eigenvalue weighted by Gasteiger charge is 2.52. The number of carbonyl (C=O) groups is 4. The SMILES string of the molecule is O=C(O)C1CCC(C(=O)O)(C2CCCCCCC2)CC(C(=O)O)C(C(=O)O)C1. The Balaban J connectivity index is 2.49. The van der Waals surface area contributed by atoms with E-state index in [-0.39, 0.29) is 31.6 Å². The second kappa shape index (κ2) is 9.39. The van der Waals surface area contributed by atoms with Gasteiger partial charge in [-0.15, -0.1) is 0 Å². The Hall–Kier alpha value is -2.12. The third-order valence-electron chi connectivity index (χ3n) is 6.84. The minimum atomic E-state index is -1.42. The first kappa shape index (κ1) is 22.2. The molecule has 0 radical (unpaired) electrons. The van der Waals surface area contributed by atoms with Crippen molar-refractivity contribution < 1.29 is 39.6 Å². The number of rotatable bonds is 5. The Morgan fingerprint density at radius 3 is 1.68 bits per heavy atom. The van der Waals surface area contributed by atoms with Crippen LogP contribution in [0.5, 0.6) is 0 Å². The van der Waals surface area contributed by atoms with Crippen molar-refractivity contribution in [3.05, 3.63) is 0 Å². The van der Waals surface area contributed by atoms with Crippen LogP contribution in [0.1, 0.15) is 70.6 Å². The summed E-state index contributed by atoms with van der Waals surface area (Å²) in [6.45, 7) is 0. The molecule has 4 N–H and O–H groups in total. The maximum atomic E-state index is 12.5. The molecular weight excluding hydrogens is 368 g/mol.